The van der Waals surface area contributed by atoms with Crippen LogP contribution < -0.4 is 5.73 Å². The van der Waals surface area contributed by atoms with Gasteiger partial charge in [-0.1, -0.05) is 27.5 Å². The van der Waals surface area contributed by atoms with Crippen molar-refractivity contribution in [1.82, 2.24) is 4.90 Å². The Kier molecular flexibility index (Phi) is 4.07. The fourth-order valence-corrected chi connectivity index (χ4v) is 2.93. The Hall–Kier alpha value is -0.580. The van der Waals surface area contributed by atoms with Gasteiger partial charge in [0.1, 0.15) is 0 Å². The lowest BCUT2D eigenvalue weighted by Gasteiger charge is -2.16. The number of nitrogens with zero attached hydrogens (tertiary/aromatic N) is 1. The molecule has 2 N–H and O–H groups in total. The van der Waals surface area contributed by atoms with Crippen molar-refractivity contribution < 1.29 is 4.79 Å². The zero-order valence-corrected chi connectivity index (χ0v) is 11.7. The zero-order chi connectivity index (χ0) is 12.4. The SMILES string of the molecule is NCC1CCN(C(=O)c2cc(Cl)cc(Br)c2)C1. The van der Waals surface area contributed by atoms with Crippen molar-refractivity contribution in [2.45, 2.75) is 6.42 Å². The summed E-state index contributed by atoms with van der Waals surface area (Å²) in [4.78, 5) is 14.1. The first kappa shape index (κ1) is 12.9. The van der Waals surface area contributed by atoms with Crippen molar-refractivity contribution >= 4 is 33.4 Å². The van der Waals surface area contributed by atoms with Crippen LogP contribution in [0, 0.1) is 5.92 Å². The van der Waals surface area contributed by atoms with E-state index < -0.39 is 0 Å². The lowest BCUT2D eigenvalue weighted by Crippen LogP contribution is -2.29. The highest BCUT2D eigenvalue weighted by Crippen LogP contribution is 2.23. The van der Waals surface area contributed by atoms with Crippen molar-refractivity contribution in [1.29, 1.82) is 0 Å². The standard InChI is InChI=1S/C12H14BrClN2O/c13-10-3-9(4-11(14)5-10)12(17)16-2-1-8(6-15)7-16/h3-5,8H,1-2,6-7,15H2. The molecule has 1 atom stereocenters. The second-order valence-electron chi connectivity index (χ2n) is 4.30. The van der Waals surface area contributed by atoms with Gasteiger partial charge in [0.25, 0.3) is 5.91 Å². The third-order valence-corrected chi connectivity index (χ3v) is 3.69. The number of nitrogens with two attached hydrogens (primary N) is 1. The van der Waals surface area contributed by atoms with Gasteiger partial charge in [-0.3, -0.25) is 4.79 Å². The van der Waals surface area contributed by atoms with E-state index in [0.717, 1.165) is 24.0 Å². The van der Waals surface area contributed by atoms with Crippen LogP contribution in [0.4, 0.5) is 0 Å². The second-order valence-corrected chi connectivity index (χ2v) is 5.65. The van der Waals surface area contributed by atoms with E-state index in [2.05, 4.69) is 15.9 Å². The van der Waals surface area contributed by atoms with Gasteiger partial charge in [0.05, 0.1) is 0 Å². The number of carbonyl (C=O) groups is 1. The molecule has 0 radical (unpaired) electrons. The highest BCUT2D eigenvalue weighted by molar-refractivity contribution is 9.10. The molecule has 1 aromatic rings. The van der Waals surface area contributed by atoms with E-state index in [1.165, 1.54) is 0 Å². The van der Waals surface area contributed by atoms with Crippen molar-refractivity contribution in [3.8, 4) is 0 Å². The topological polar surface area (TPSA) is 46.3 Å². The van der Waals surface area contributed by atoms with Crippen LogP contribution in [-0.2, 0) is 0 Å². The van der Waals surface area contributed by atoms with Crippen LogP contribution in [0.2, 0.25) is 5.02 Å². The average molecular weight is 318 g/mol. The molecule has 0 aromatic heterocycles. The molecule has 0 spiro atoms. The first-order valence-corrected chi connectivity index (χ1v) is 6.72. The second kappa shape index (κ2) is 5.38. The van der Waals surface area contributed by atoms with E-state index in [9.17, 15) is 4.79 Å². The van der Waals surface area contributed by atoms with Gasteiger partial charge in [-0.05, 0) is 37.1 Å². The van der Waals surface area contributed by atoms with Crippen LogP contribution in [0.5, 0.6) is 0 Å². The van der Waals surface area contributed by atoms with Gasteiger partial charge in [0, 0.05) is 28.1 Å². The monoisotopic (exact) mass is 316 g/mol. The van der Waals surface area contributed by atoms with Gasteiger partial charge >= 0.3 is 0 Å². The van der Waals surface area contributed by atoms with Gasteiger partial charge in [0.15, 0.2) is 0 Å². The summed E-state index contributed by atoms with van der Waals surface area (Å²) < 4.78 is 0.822. The van der Waals surface area contributed by atoms with Crippen LogP contribution >= 0.6 is 27.5 Å². The van der Waals surface area contributed by atoms with Crippen molar-refractivity contribution in [3.05, 3.63) is 33.3 Å². The fourth-order valence-electron chi connectivity index (χ4n) is 2.07. The van der Waals surface area contributed by atoms with Gasteiger partial charge < -0.3 is 10.6 Å². The lowest BCUT2D eigenvalue weighted by atomic mass is 10.1. The number of hydrogen-bond acceptors (Lipinski definition) is 2. The van der Waals surface area contributed by atoms with Crippen LogP contribution in [0.15, 0.2) is 22.7 Å². The minimum absolute atomic E-state index is 0.0316. The number of benzene rings is 1. The molecule has 0 saturated carbocycles. The van der Waals surface area contributed by atoms with Crippen molar-refractivity contribution in [3.63, 3.8) is 0 Å². The Morgan fingerprint density at radius 2 is 2.29 bits per heavy atom. The highest BCUT2D eigenvalue weighted by atomic mass is 79.9. The molecule has 2 rings (SSSR count). The Labute approximate surface area is 114 Å². The average Bonchev–Trinajstić information content (AvgIpc) is 2.75. The summed E-state index contributed by atoms with van der Waals surface area (Å²) in [5.74, 6) is 0.464. The van der Waals surface area contributed by atoms with E-state index in [1.54, 1.807) is 18.2 Å². The summed E-state index contributed by atoms with van der Waals surface area (Å²) in [5.41, 5.74) is 6.24. The predicted molar refractivity (Wildman–Crippen MR) is 72.2 cm³/mol. The summed E-state index contributed by atoms with van der Waals surface area (Å²) in [6.07, 6.45) is 0.990. The molecular formula is C12H14BrClN2O. The summed E-state index contributed by atoms with van der Waals surface area (Å²) in [5, 5.41) is 0.567. The largest absolute Gasteiger partial charge is 0.338 e. The molecule has 0 bridgehead atoms. The minimum Gasteiger partial charge on any atom is -0.338 e. The Bertz CT molecular complexity index is 418. The van der Waals surface area contributed by atoms with E-state index in [4.69, 9.17) is 17.3 Å². The molecule has 1 heterocycles. The molecular weight excluding hydrogens is 304 g/mol. The molecule has 1 aliphatic rings. The summed E-state index contributed by atoms with van der Waals surface area (Å²) in [6, 6.07) is 5.26. The first-order chi connectivity index (χ1) is 8.10. The maximum Gasteiger partial charge on any atom is 0.253 e. The number of hydrogen-bond donors (Lipinski definition) is 1. The number of rotatable bonds is 2. The zero-order valence-electron chi connectivity index (χ0n) is 9.33. The molecule has 1 saturated heterocycles. The van der Waals surface area contributed by atoms with Crippen LogP contribution in [-0.4, -0.2) is 30.4 Å². The Balaban J connectivity index is 2.14. The molecule has 1 amide bonds. The quantitative estimate of drug-likeness (QED) is 0.911. The van der Waals surface area contributed by atoms with E-state index in [1.807, 2.05) is 4.90 Å². The van der Waals surface area contributed by atoms with Gasteiger partial charge in [0.2, 0.25) is 0 Å². The third-order valence-electron chi connectivity index (χ3n) is 3.02. The molecule has 0 aliphatic carbocycles. The number of amides is 1. The first-order valence-electron chi connectivity index (χ1n) is 5.55. The predicted octanol–water partition coefficient (Wildman–Crippen LogP) is 2.52. The minimum atomic E-state index is 0.0316. The normalized spacial score (nSPS) is 19.7. The number of carbonyl (C=O) groups excluding carboxylic acids is 1. The molecule has 1 aliphatic heterocycles. The third kappa shape index (κ3) is 3.00. The van der Waals surface area contributed by atoms with Crippen LogP contribution in [0.3, 0.4) is 0 Å². The molecule has 5 heteroatoms. The van der Waals surface area contributed by atoms with Gasteiger partial charge in [-0.15, -0.1) is 0 Å². The lowest BCUT2D eigenvalue weighted by molar-refractivity contribution is 0.0787. The molecule has 1 fully saturated rings. The smallest absolute Gasteiger partial charge is 0.253 e. The van der Waals surface area contributed by atoms with Crippen molar-refractivity contribution in [2.24, 2.45) is 11.7 Å². The number of halogens is 2. The van der Waals surface area contributed by atoms with Crippen LogP contribution in [0.25, 0.3) is 0 Å². The molecule has 1 unspecified atom stereocenters. The summed E-state index contributed by atoms with van der Waals surface area (Å²) >= 11 is 9.28. The molecule has 92 valence electrons. The van der Waals surface area contributed by atoms with Gasteiger partial charge in [-0.2, -0.15) is 0 Å². The highest BCUT2D eigenvalue weighted by Gasteiger charge is 2.26. The molecule has 1 aromatic carbocycles. The van der Waals surface area contributed by atoms with Crippen molar-refractivity contribution in [2.75, 3.05) is 19.6 Å². The molecule has 3 nitrogen and oxygen atoms in total. The van der Waals surface area contributed by atoms with E-state index in [0.29, 0.717) is 23.0 Å². The molecule has 17 heavy (non-hydrogen) atoms. The maximum absolute atomic E-state index is 12.2. The summed E-state index contributed by atoms with van der Waals surface area (Å²) in [6.45, 7) is 2.17. The Morgan fingerprint density at radius 3 is 2.88 bits per heavy atom. The summed E-state index contributed by atoms with van der Waals surface area (Å²) in [7, 11) is 0. The maximum atomic E-state index is 12.2. The fraction of sp³-hybridized carbons (Fsp3) is 0.417. The van der Waals surface area contributed by atoms with Gasteiger partial charge in [-0.25, -0.2) is 0 Å². The van der Waals surface area contributed by atoms with E-state index in [-0.39, 0.29) is 5.91 Å². The van der Waals surface area contributed by atoms with Crippen LogP contribution in [0.1, 0.15) is 16.8 Å². The number of likely N-dealkylation sites (tertiary alicyclic amines) is 1. The van der Waals surface area contributed by atoms with E-state index >= 15 is 0 Å². The Morgan fingerprint density at radius 1 is 1.53 bits per heavy atom.